The van der Waals surface area contributed by atoms with E-state index < -0.39 is 11.5 Å². The summed E-state index contributed by atoms with van der Waals surface area (Å²) in [6.07, 6.45) is 0. The average Bonchev–Trinajstić information content (AvgIpc) is 2.22. The summed E-state index contributed by atoms with van der Waals surface area (Å²) in [5, 5.41) is 6.06. The van der Waals surface area contributed by atoms with Gasteiger partial charge in [0.15, 0.2) is 5.78 Å². The zero-order valence-corrected chi connectivity index (χ0v) is 13.6. The lowest BCUT2D eigenvalue weighted by Gasteiger charge is -2.27. The molecule has 0 bridgehead atoms. The molecule has 0 heterocycles. The Morgan fingerprint density at radius 1 is 0.947 bits per heavy atom. The molecule has 1 amide bonds. The summed E-state index contributed by atoms with van der Waals surface area (Å²) in [6, 6.07) is -0.496. The zero-order valence-electron chi connectivity index (χ0n) is 13.6. The Morgan fingerprint density at radius 2 is 1.42 bits per heavy atom. The molecule has 0 aliphatic heterocycles. The van der Waals surface area contributed by atoms with Gasteiger partial charge >= 0.3 is 0 Å². The number of hydrogen-bond donors (Lipinski definition) is 2. The van der Waals surface area contributed by atoms with Crippen molar-refractivity contribution in [2.45, 2.75) is 73.5 Å². The predicted molar refractivity (Wildman–Crippen MR) is 79.0 cm³/mol. The van der Waals surface area contributed by atoms with Crippen molar-refractivity contribution < 1.29 is 9.59 Å². The summed E-state index contributed by atoms with van der Waals surface area (Å²) in [4.78, 5) is 24.3. The van der Waals surface area contributed by atoms with Crippen LogP contribution in [0.5, 0.6) is 0 Å². The van der Waals surface area contributed by atoms with Crippen LogP contribution in [-0.4, -0.2) is 29.8 Å². The molecule has 0 aromatic heterocycles. The maximum Gasteiger partial charge on any atom is 0.237 e. The third kappa shape index (κ3) is 6.19. The Kier molecular flexibility index (Phi) is 6.70. The van der Waals surface area contributed by atoms with Crippen LogP contribution in [0.1, 0.15) is 55.4 Å². The van der Waals surface area contributed by atoms with Gasteiger partial charge in [-0.1, -0.05) is 48.5 Å². The van der Waals surface area contributed by atoms with Crippen molar-refractivity contribution in [1.82, 2.24) is 10.6 Å². The first-order valence-corrected chi connectivity index (χ1v) is 7.07. The zero-order chi connectivity index (χ0) is 15.4. The van der Waals surface area contributed by atoms with Crippen molar-refractivity contribution in [3.63, 3.8) is 0 Å². The largest absolute Gasteiger partial charge is 0.345 e. The molecule has 112 valence electrons. The van der Waals surface area contributed by atoms with E-state index in [1.165, 1.54) is 0 Å². The third-order valence-corrected chi connectivity index (χ3v) is 2.95. The van der Waals surface area contributed by atoms with Crippen LogP contribution in [0.4, 0.5) is 0 Å². The van der Waals surface area contributed by atoms with Crippen molar-refractivity contribution in [2.24, 2.45) is 11.3 Å². The first kappa shape index (κ1) is 18.1. The van der Waals surface area contributed by atoms with Gasteiger partial charge in [-0.2, -0.15) is 0 Å². The van der Waals surface area contributed by atoms with Crippen molar-refractivity contribution >= 4 is 11.7 Å². The molecule has 4 nitrogen and oxygen atoms in total. The van der Waals surface area contributed by atoms with Gasteiger partial charge in [-0.25, -0.2) is 0 Å². The lowest BCUT2D eigenvalue weighted by Crippen LogP contribution is -2.54. The Hall–Kier alpha value is -0.900. The number of rotatable bonds is 6. The number of carbonyl (C=O) groups excluding carboxylic acids is 2. The standard InChI is InChI=1S/C15H30N2O2/c1-9(2)12(16-10(3)4)14(19)17-11(5)13(18)15(6,7)8/h9-12,16H,1-8H3,(H,17,19)/t11-,12-/m0/s1. The SMILES string of the molecule is CC(C)N[C@H](C(=O)N[C@@H](C)C(=O)C(C)(C)C)C(C)C. The van der Waals surface area contributed by atoms with Crippen LogP contribution in [0.15, 0.2) is 0 Å². The predicted octanol–water partition coefficient (Wildman–Crippen LogP) is 2.13. The first-order chi connectivity index (χ1) is 8.46. The molecule has 0 unspecified atom stereocenters. The van der Waals surface area contributed by atoms with Crippen molar-refractivity contribution in [3.8, 4) is 0 Å². The second-order valence-electron chi connectivity index (χ2n) is 6.89. The average molecular weight is 270 g/mol. The van der Waals surface area contributed by atoms with E-state index in [2.05, 4.69) is 10.6 Å². The topological polar surface area (TPSA) is 58.2 Å². The van der Waals surface area contributed by atoms with E-state index in [0.717, 1.165) is 0 Å². The third-order valence-electron chi connectivity index (χ3n) is 2.95. The molecule has 0 fully saturated rings. The fourth-order valence-electron chi connectivity index (χ4n) is 1.95. The van der Waals surface area contributed by atoms with Gasteiger partial charge in [0, 0.05) is 11.5 Å². The molecule has 0 aliphatic carbocycles. The van der Waals surface area contributed by atoms with Crippen LogP contribution in [-0.2, 0) is 9.59 Å². The number of Topliss-reactive ketones (excluding diaryl/α,β-unsaturated/α-hetero) is 1. The molecule has 4 heteroatoms. The summed E-state index contributed by atoms with van der Waals surface area (Å²) in [5.41, 5.74) is -0.439. The molecule has 2 atom stereocenters. The Morgan fingerprint density at radius 3 is 1.74 bits per heavy atom. The Balaban J connectivity index is 4.69. The highest BCUT2D eigenvalue weighted by atomic mass is 16.2. The van der Waals surface area contributed by atoms with E-state index in [4.69, 9.17) is 0 Å². The summed E-state index contributed by atoms with van der Waals surface area (Å²) in [6.45, 7) is 15.3. The highest BCUT2D eigenvalue weighted by Gasteiger charge is 2.30. The molecular formula is C15H30N2O2. The van der Waals surface area contributed by atoms with Gasteiger partial charge in [0.2, 0.25) is 5.91 Å². The fourth-order valence-corrected chi connectivity index (χ4v) is 1.95. The van der Waals surface area contributed by atoms with E-state index in [9.17, 15) is 9.59 Å². The van der Waals surface area contributed by atoms with E-state index in [1.807, 2.05) is 48.5 Å². The van der Waals surface area contributed by atoms with E-state index in [1.54, 1.807) is 6.92 Å². The molecule has 19 heavy (non-hydrogen) atoms. The highest BCUT2D eigenvalue weighted by Crippen LogP contribution is 2.17. The minimum Gasteiger partial charge on any atom is -0.345 e. The molecule has 0 rings (SSSR count). The van der Waals surface area contributed by atoms with Crippen molar-refractivity contribution in [1.29, 1.82) is 0 Å². The quantitative estimate of drug-likeness (QED) is 0.777. The second-order valence-corrected chi connectivity index (χ2v) is 6.89. The monoisotopic (exact) mass is 270 g/mol. The summed E-state index contributed by atoms with van der Waals surface area (Å²) >= 11 is 0. The molecular weight excluding hydrogens is 240 g/mol. The van der Waals surface area contributed by atoms with E-state index in [-0.39, 0.29) is 29.7 Å². The minimum absolute atomic E-state index is 0.0490. The van der Waals surface area contributed by atoms with Gasteiger partial charge < -0.3 is 10.6 Å². The van der Waals surface area contributed by atoms with Crippen LogP contribution in [0.3, 0.4) is 0 Å². The van der Waals surface area contributed by atoms with Crippen molar-refractivity contribution in [3.05, 3.63) is 0 Å². The molecule has 0 spiro atoms. The summed E-state index contributed by atoms with van der Waals surface area (Å²) in [5.74, 6) is 0.126. The number of hydrogen-bond acceptors (Lipinski definition) is 3. The molecule has 2 N–H and O–H groups in total. The molecule has 0 saturated heterocycles. The molecule has 0 aliphatic rings. The van der Waals surface area contributed by atoms with Gasteiger partial charge in [-0.3, -0.25) is 9.59 Å². The van der Waals surface area contributed by atoms with Gasteiger partial charge in [0.25, 0.3) is 0 Å². The van der Waals surface area contributed by atoms with Crippen LogP contribution >= 0.6 is 0 Å². The van der Waals surface area contributed by atoms with E-state index >= 15 is 0 Å². The van der Waals surface area contributed by atoms with Crippen LogP contribution in [0.25, 0.3) is 0 Å². The van der Waals surface area contributed by atoms with Crippen LogP contribution < -0.4 is 10.6 Å². The van der Waals surface area contributed by atoms with Crippen LogP contribution in [0, 0.1) is 11.3 Å². The fraction of sp³-hybridized carbons (Fsp3) is 0.867. The minimum atomic E-state index is -0.456. The maximum absolute atomic E-state index is 12.2. The molecule has 0 radical (unpaired) electrons. The maximum atomic E-state index is 12.2. The van der Waals surface area contributed by atoms with Gasteiger partial charge in [-0.05, 0) is 12.8 Å². The number of nitrogens with one attached hydrogen (secondary N) is 2. The smallest absolute Gasteiger partial charge is 0.237 e. The molecule has 0 aromatic rings. The van der Waals surface area contributed by atoms with Gasteiger partial charge in [0.1, 0.15) is 0 Å². The number of carbonyl (C=O) groups is 2. The van der Waals surface area contributed by atoms with E-state index in [0.29, 0.717) is 0 Å². The molecule has 0 aromatic carbocycles. The van der Waals surface area contributed by atoms with Gasteiger partial charge in [-0.15, -0.1) is 0 Å². The Bertz CT molecular complexity index is 317. The normalized spacial score (nSPS) is 15.5. The number of ketones is 1. The Labute approximate surface area is 117 Å². The van der Waals surface area contributed by atoms with Crippen molar-refractivity contribution in [2.75, 3.05) is 0 Å². The number of amides is 1. The summed E-state index contributed by atoms with van der Waals surface area (Å²) < 4.78 is 0. The van der Waals surface area contributed by atoms with Crippen LogP contribution in [0.2, 0.25) is 0 Å². The first-order valence-electron chi connectivity index (χ1n) is 7.07. The summed E-state index contributed by atoms with van der Waals surface area (Å²) in [7, 11) is 0. The lowest BCUT2D eigenvalue weighted by molar-refractivity contribution is -0.133. The van der Waals surface area contributed by atoms with Gasteiger partial charge in [0.05, 0.1) is 12.1 Å². The lowest BCUT2D eigenvalue weighted by atomic mass is 9.87. The second kappa shape index (κ2) is 7.04. The molecule has 0 saturated carbocycles. The highest BCUT2D eigenvalue weighted by molar-refractivity contribution is 5.93.